The lowest BCUT2D eigenvalue weighted by Crippen LogP contribution is -2.06. The molecule has 0 atom stereocenters. The molecule has 0 spiro atoms. The van der Waals surface area contributed by atoms with Gasteiger partial charge in [0.2, 0.25) is 0 Å². The van der Waals surface area contributed by atoms with Crippen LogP contribution in [-0.4, -0.2) is 20.3 Å². The molecule has 1 aromatic carbocycles. The lowest BCUT2D eigenvalue weighted by atomic mass is 10.2. The second-order valence-corrected chi connectivity index (χ2v) is 6.48. The molecule has 0 bridgehead atoms. The molecule has 3 rings (SSSR count). The Labute approximate surface area is 141 Å². The van der Waals surface area contributed by atoms with Crippen molar-refractivity contribution in [3.05, 3.63) is 42.1 Å². The summed E-state index contributed by atoms with van der Waals surface area (Å²) in [6.07, 6.45) is -3.56. The quantitative estimate of drug-likeness (QED) is 0.602. The SMILES string of the molecule is CCSc1ccccc1-c1nc2cc(C(F)(F)F)cnc2n1CC. The van der Waals surface area contributed by atoms with Gasteiger partial charge in [0, 0.05) is 23.2 Å². The Morgan fingerprint density at radius 3 is 2.58 bits per heavy atom. The first-order valence-corrected chi connectivity index (χ1v) is 8.60. The summed E-state index contributed by atoms with van der Waals surface area (Å²) in [6.45, 7) is 4.57. The van der Waals surface area contributed by atoms with Crippen molar-refractivity contribution in [3.8, 4) is 11.4 Å². The zero-order valence-corrected chi connectivity index (χ0v) is 14.1. The van der Waals surface area contributed by atoms with Gasteiger partial charge < -0.3 is 4.57 Å². The summed E-state index contributed by atoms with van der Waals surface area (Å²) in [5, 5.41) is 0. The number of fused-ring (bicyclic) bond motifs is 1. The molecule has 0 saturated carbocycles. The van der Waals surface area contributed by atoms with Gasteiger partial charge in [0.1, 0.15) is 11.3 Å². The van der Waals surface area contributed by atoms with Gasteiger partial charge in [-0.2, -0.15) is 13.2 Å². The monoisotopic (exact) mass is 351 g/mol. The third-order valence-corrected chi connectivity index (χ3v) is 4.61. The molecule has 0 radical (unpaired) electrons. The standard InChI is InChI=1S/C17H16F3N3S/c1-3-23-15(12-7-5-6-8-14(12)24-4-2)22-13-9-11(17(18,19)20)10-21-16(13)23/h5-10H,3-4H2,1-2H3. The zero-order chi connectivity index (χ0) is 17.3. The van der Waals surface area contributed by atoms with E-state index in [2.05, 4.69) is 16.9 Å². The second kappa shape index (κ2) is 6.47. The maximum atomic E-state index is 12.9. The zero-order valence-electron chi connectivity index (χ0n) is 13.3. The Morgan fingerprint density at radius 1 is 1.17 bits per heavy atom. The fourth-order valence-electron chi connectivity index (χ4n) is 2.60. The van der Waals surface area contributed by atoms with Crippen LogP contribution >= 0.6 is 11.8 Å². The predicted octanol–water partition coefficient (Wildman–Crippen LogP) is 5.25. The van der Waals surface area contributed by atoms with E-state index in [1.54, 1.807) is 11.8 Å². The first-order valence-electron chi connectivity index (χ1n) is 7.61. The highest BCUT2D eigenvalue weighted by molar-refractivity contribution is 7.99. The number of imidazole rings is 1. The van der Waals surface area contributed by atoms with E-state index < -0.39 is 11.7 Å². The van der Waals surface area contributed by atoms with Crippen LogP contribution in [0.3, 0.4) is 0 Å². The molecule has 2 heterocycles. The number of aryl methyl sites for hydroxylation is 1. The van der Waals surface area contributed by atoms with Crippen LogP contribution in [0.2, 0.25) is 0 Å². The molecule has 2 aromatic heterocycles. The third kappa shape index (κ3) is 3.00. The first-order chi connectivity index (χ1) is 11.5. The summed E-state index contributed by atoms with van der Waals surface area (Å²) < 4.78 is 40.6. The van der Waals surface area contributed by atoms with Crippen molar-refractivity contribution in [3.63, 3.8) is 0 Å². The molecule has 0 unspecified atom stereocenters. The van der Waals surface area contributed by atoms with Gasteiger partial charge in [-0.05, 0) is 24.8 Å². The summed E-state index contributed by atoms with van der Waals surface area (Å²) in [6, 6.07) is 8.85. The van der Waals surface area contributed by atoms with E-state index in [4.69, 9.17) is 0 Å². The largest absolute Gasteiger partial charge is 0.417 e. The number of aromatic nitrogens is 3. The van der Waals surface area contributed by atoms with Crippen molar-refractivity contribution in [2.75, 3.05) is 5.75 Å². The molecule has 0 amide bonds. The highest BCUT2D eigenvalue weighted by Gasteiger charge is 2.32. The van der Waals surface area contributed by atoms with Gasteiger partial charge in [0.05, 0.1) is 5.56 Å². The number of hydrogen-bond donors (Lipinski definition) is 0. The van der Waals surface area contributed by atoms with E-state index in [1.165, 1.54) is 0 Å². The summed E-state index contributed by atoms with van der Waals surface area (Å²) in [7, 11) is 0. The van der Waals surface area contributed by atoms with Crippen LogP contribution in [0.15, 0.2) is 41.4 Å². The molecule has 0 saturated heterocycles. The number of halogens is 3. The van der Waals surface area contributed by atoms with E-state index in [0.717, 1.165) is 28.5 Å². The molecule has 7 heteroatoms. The Balaban J connectivity index is 2.22. The van der Waals surface area contributed by atoms with Crippen LogP contribution < -0.4 is 0 Å². The Morgan fingerprint density at radius 2 is 1.92 bits per heavy atom. The molecular formula is C17H16F3N3S. The minimum Gasteiger partial charge on any atom is -0.309 e. The van der Waals surface area contributed by atoms with Crippen LogP contribution in [0.5, 0.6) is 0 Å². The van der Waals surface area contributed by atoms with Gasteiger partial charge in [0.25, 0.3) is 0 Å². The molecule has 24 heavy (non-hydrogen) atoms. The average Bonchev–Trinajstić information content (AvgIpc) is 2.92. The first kappa shape index (κ1) is 16.8. The lowest BCUT2D eigenvalue weighted by molar-refractivity contribution is -0.137. The molecular weight excluding hydrogens is 335 g/mol. The number of pyridine rings is 1. The Bertz CT molecular complexity index is 871. The van der Waals surface area contributed by atoms with E-state index in [0.29, 0.717) is 18.0 Å². The molecule has 0 aliphatic rings. The molecule has 3 aromatic rings. The van der Waals surface area contributed by atoms with Gasteiger partial charge in [0.15, 0.2) is 5.65 Å². The highest BCUT2D eigenvalue weighted by Crippen LogP contribution is 2.34. The van der Waals surface area contributed by atoms with Crippen molar-refractivity contribution in [1.29, 1.82) is 0 Å². The maximum absolute atomic E-state index is 12.9. The van der Waals surface area contributed by atoms with Crippen LogP contribution in [0.25, 0.3) is 22.6 Å². The van der Waals surface area contributed by atoms with Gasteiger partial charge >= 0.3 is 6.18 Å². The van der Waals surface area contributed by atoms with Crippen LogP contribution in [0.4, 0.5) is 13.2 Å². The molecule has 0 aliphatic carbocycles. The van der Waals surface area contributed by atoms with Crippen LogP contribution in [0.1, 0.15) is 19.4 Å². The van der Waals surface area contributed by atoms with Crippen molar-refractivity contribution in [1.82, 2.24) is 14.5 Å². The van der Waals surface area contributed by atoms with Crippen molar-refractivity contribution in [2.24, 2.45) is 0 Å². The fraction of sp³-hybridized carbons (Fsp3) is 0.294. The van der Waals surface area contributed by atoms with Gasteiger partial charge in [-0.3, -0.25) is 0 Å². The molecule has 0 fully saturated rings. The number of hydrogen-bond acceptors (Lipinski definition) is 3. The van der Waals surface area contributed by atoms with Crippen LogP contribution in [-0.2, 0) is 12.7 Å². The number of thioether (sulfide) groups is 1. The maximum Gasteiger partial charge on any atom is 0.417 e. The molecule has 126 valence electrons. The molecule has 3 nitrogen and oxygen atoms in total. The second-order valence-electron chi connectivity index (χ2n) is 5.17. The van der Waals surface area contributed by atoms with Gasteiger partial charge in [-0.25, -0.2) is 9.97 Å². The van der Waals surface area contributed by atoms with Crippen molar-refractivity contribution < 1.29 is 13.2 Å². The Kier molecular flexibility index (Phi) is 4.54. The van der Waals surface area contributed by atoms with Crippen LogP contribution in [0, 0.1) is 0 Å². The molecule has 0 aliphatic heterocycles. The van der Waals surface area contributed by atoms with Gasteiger partial charge in [-0.1, -0.05) is 25.1 Å². The van der Waals surface area contributed by atoms with Crippen molar-refractivity contribution >= 4 is 22.9 Å². The third-order valence-electron chi connectivity index (χ3n) is 3.66. The van der Waals surface area contributed by atoms with E-state index in [-0.39, 0.29) is 5.52 Å². The van der Waals surface area contributed by atoms with Crippen molar-refractivity contribution in [2.45, 2.75) is 31.5 Å². The number of benzene rings is 1. The smallest absolute Gasteiger partial charge is 0.309 e. The summed E-state index contributed by atoms with van der Waals surface area (Å²) in [5.74, 6) is 1.55. The summed E-state index contributed by atoms with van der Waals surface area (Å²) in [4.78, 5) is 9.53. The van der Waals surface area contributed by atoms with E-state index in [1.807, 2.05) is 35.8 Å². The lowest BCUT2D eigenvalue weighted by Gasteiger charge is -2.10. The normalized spacial score (nSPS) is 12.0. The predicted molar refractivity (Wildman–Crippen MR) is 90.0 cm³/mol. The van der Waals surface area contributed by atoms with E-state index >= 15 is 0 Å². The topological polar surface area (TPSA) is 30.7 Å². The van der Waals surface area contributed by atoms with E-state index in [9.17, 15) is 13.2 Å². The summed E-state index contributed by atoms with van der Waals surface area (Å²) in [5.41, 5.74) is 0.867. The highest BCUT2D eigenvalue weighted by atomic mass is 32.2. The fourth-order valence-corrected chi connectivity index (χ4v) is 3.40. The Hall–Kier alpha value is -2.02. The number of alkyl halides is 3. The van der Waals surface area contributed by atoms with Gasteiger partial charge in [-0.15, -0.1) is 11.8 Å². The minimum atomic E-state index is -4.42. The molecule has 0 N–H and O–H groups in total. The minimum absolute atomic E-state index is 0.262. The number of nitrogens with zero attached hydrogens (tertiary/aromatic N) is 3. The summed E-state index contributed by atoms with van der Waals surface area (Å²) >= 11 is 1.68. The average molecular weight is 351 g/mol. The number of rotatable bonds is 4.